The lowest BCUT2D eigenvalue weighted by atomic mass is 10.1. The molecule has 9 nitrogen and oxygen atoms in total. The smallest absolute Gasteiger partial charge is 0.270 e. The van der Waals surface area contributed by atoms with Gasteiger partial charge in [0.25, 0.3) is 11.6 Å². The van der Waals surface area contributed by atoms with Crippen LogP contribution in [0.3, 0.4) is 0 Å². The first-order chi connectivity index (χ1) is 15.4. The van der Waals surface area contributed by atoms with Crippen molar-refractivity contribution in [2.45, 2.75) is 13.0 Å². The zero-order chi connectivity index (χ0) is 22.7. The first-order valence-electron chi connectivity index (χ1n) is 9.96. The number of nitrogens with zero attached hydrogens (tertiary/aromatic N) is 5. The molecule has 0 spiro atoms. The van der Waals surface area contributed by atoms with Gasteiger partial charge in [0, 0.05) is 55.5 Å². The number of carbonyl (C=O) groups is 1. The number of hydrogen-bond donors (Lipinski definition) is 0. The molecule has 1 saturated heterocycles. The van der Waals surface area contributed by atoms with Gasteiger partial charge in [0.05, 0.1) is 4.92 Å². The Morgan fingerprint density at radius 1 is 1.16 bits per heavy atom. The Hall–Kier alpha value is -4.08. The molecule has 0 N–H and O–H groups in total. The molecule has 2 aromatic carbocycles. The molecule has 1 aliphatic rings. The molecule has 1 aromatic heterocycles. The third kappa shape index (κ3) is 4.64. The van der Waals surface area contributed by atoms with Crippen LogP contribution in [-0.2, 0) is 0 Å². The van der Waals surface area contributed by atoms with E-state index in [1.807, 2.05) is 11.8 Å². The fourth-order valence-electron chi connectivity index (χ4n) is 3.60. The number of hydrogen-bond acceptors (Lipinski definition) is 7. The van der Waals surface area contributed by atoms with E-state index < -0.39 is 10.7 Å². The molecule has 0 saturated carbocycles. The number of piperazine rings is 1. The van der Waals surface area contributed by atoms with Crippen LogP contribution in [0.25, 0.3) is 0 Å². The van der Waals surface area contributed by atoms with Crippen LogP contribution >= 0.6 is 0 Å². The number of ether oxygens (including phenoxy) is 1. The summed E-state index contributed by atoms with van der Waals surface area (Å²) in [4.78, 5) is 35.5. The average Bonchev–Trinajstić information content (AvgIpc) is 2.79. The van der Waals surface area contributed by atoms with Crippen molar-refractivity contribution < 1.29 is 18.8 Å². The molecule has 3 aromatic rings. The van der Waals surface area contributed by atoms with Gasteiger partial charge in [0.1, 0.15) is 23.7 Å². The third-order valence-electron chi connectivity index (χ3n) is 5.16. The van der Waals surface area contributed by atoms with E-state index in [2.05, 4.69) is 9.97 Å². The van der Waals surface area contributed by atoms with E-state index in [1.54, 1.807) is 29.2 Å². The van der Waals surface area contributed by atoms with Gasteiger partial charge in [0.2, 0.25) is 5.88 Å². The Morgan fingerprint density at radius 3 is 2.72 bits per heavy atom. The van der Waals surface area contributed by atoms with E-state index in [4.69, 9.17) is 4.74 Å². The minimum atomic E-state index is -0.517. The second-order valence-electron chi connectivity index (χ2n) is 7.37. The molecule has 1 fully saturated rings. The van der Waals surface area contributed by atoms with E-state index in [0.29, 0.717) is 31.2 Å². The summed E-state index contributed by atoms with van der Waals surface area (Å²) in [5.74, 6) is 0.577. The molecule has 32 heavy (non-hydrogen) atoms. The number of amides is 1. The summed E-state index contributed by atoms with van der Waals surface area (Å²) < 4.78 is 19.0. The minimum absolute atomic E-state index is 0.117. The summed E-state index contributed by atoms with van der Waals surface area (Å²) in [6.07, 6.45) is 1.37. The van der Waals surface area contributed by atoms with Crippen LogP contribution in [0.5, 0.6) is 11.6 Å². The molecule has 1 aliphatic heterocycles. The highest BCUT2D eigenvalue weighted by Crippen LogP contribution is 2.25. The summed E-state index contributed by atoms with van der Waals surface area (Å²) in [6, 6.07) is 13.0. The van der Waals surface area contributed by atoms with Crippen LogP contribution in [0.15, 0.2) is 60.9 Å². The molecule has 2 heterocycles. The zero-order valence-electron chi connectivity index (χ0n) is 17.2. The van der Waals surface area contributed by atoms with Gasteiger partial charge in [-0.2, -0.15) is 0 Å². The molecule has 1 unspecified atom stereocenters. The predicted octanol–water partition coefficient (Wildman–Crippen LogP) is 3.67. The van der Waals surface area contributed by atoms with Crippen LogP contribution < -0.4 is 9.64 Å². The normalized spacial score (nSPS) is 16.0. The maximum atomic E-state index is 13.4. The number of rotatable bonds is 5. The second kappa shape index (κ2) is 8.96. The third-order valence-corrected chi connectivity index (χ3v) is 5.16. The van der Waals surface area contributed by atoms with E-state index in [1.165, 1.54) is 36.7 Å². The van der Waals surface area contributed by atoms with Crippen LogP contribution in [0.1, 0.15) is 17.3 Å². The molecule has 1 amide bonds. The van der Waals surface area contributed by atoms with Gasteiger partial charge >= 0.3 is 0 Å². The molecule has 4 rings (SSSR count). The van der Waals surface area contributed by atoms with E-state index in [0.717, 1.165) is 0 Å². The molecule has 1 atom stereocenters. The van der Waals surface area contributed by atoms with Crippen molar-refractivity contribution in [1.82, 2.24) is 14.9 Å². The first kappa shape index (κ1) is 21.2. The number of non-ortho nitro benzene ring substituents is 1. The Kier molecular flexibility index (Phi) is 5.93. The maximum absolute atomic E-state index is 13.4. The molecule has 164 valence electrons. The Balaban J connectivity index is 1.45. The Bertz CT molecular complexity index is 1160. The van der Waals surface area contributed by atoms with E-state index in [-0.39, 0.29) is 29.1 Å². The quantitative estimate of drug-likeness (QED) is 0.443. The molecular formula is C22H20FN5O4. The van der Waals surface area contributed by atoms with Crippen LogP contribution in [0.4, 0.5) is 15.9 Å². The number of nitro benzene ring substituents is 1. The summed E-state index contributed by atoms with van der Waals surface area (Å²) in [5, 5.41) is 11.0. The standard InChI is InChI=1S/C22H20FN5O4/c1-15-13-26(8-9-27(15)22(29)16-4-2-6-18(10-16)28(30)31)20-12-21(25-14-24-20)32-19-7-3-5-17(23)11-19/h2-7,10-12,14-15H,8-9,13H2,1H3. The topological polar surface area (TPSA) is 102 Å². The summed E-state index contributed by atoms with van der Waals surface area (Å²) >= 11 is 0. The van der Waals surface area contributed by atoms with Crippen molar-refractivity contribution in [2.24, 2.45) is 0 Å². The van der Waals surface area contributed by atoms with Gasteiger partial charge in [-0.15, -0.1) is 0 Å². The SMILES string of the molecule is CC1CN(c2cc(Oc3cccc(F)c3)ncn2)CCN1C(=O)c1cccc([N+](=O)[O-])c1. The van der Waals surface area contributed by atoms with Crippen molar-refractivity contribution in [2.75, 3.05) is 24.5 Å². The van der Waals surface area contributed by atoms with Gasteiger partial charge in [-0.25, -0.2) is 14.4 Å². The van der Waals surface area contributed by atoms with Crippen molar-refractivity contribution in [1.29, 1.82) is 0 Å². The molecular weight excluding hydrogens is 417 g/mol. The fourth-order valence-corrected chi connectivity index (χ4v) is 3.60. The Labute approximate surface area is 183 Å². The van der Waals surface area contributed by atoms with Crippen LogP contribution in [-0.4, -0.2) is 51.4 Å². The second-order valence-corrected chi connectivity index (χ2v) is 7.37. The number of nitro groups is 1. The van der Waals surface area contributed by atoms with Crippen molar-refractivity contribution in [3.05, 3.63) is 82.4 Å². The van der Waals surface area contributed by atoms with Gasteiger partial charge < -0.3 is 14.5 Å². The number of anilines is 1. The fraction of sp³-hybridized carbons (Fsp3) is 0.227. The summed E-state index contributed by atoms with van der Waals surface area (Å²) in [5.41, 5.74) is 0.168. The highest BCUT2D eigenvalue weighted by molar-refractivity contribution is 5.95. The van der Waals surface area contributed by atoms with Crippen LogP contribution in [0.2, 0.25) is 0 Å². The van der Waals surface area contributed by atoms with Gasteiger partial charge in [-0.05, 0) is 25.1 Å². The number of aromatic nitrogens is 2. The number of benzene rings is 2. The van der Waals surface area contributed by atoms with Crippen molar-refractivity contribution in [3.63, 3.8) is 0 Å². The molecule has 0 radical (unpaired) electrons. The highest BCUT2D eigenvalue weighted by Gasteiger charge is 2.29. The molecule has 10 heteroatoms. The van der Waals surface area contributed by atoms with Gasteiger partial charge in [0.15, 0.2) is 0 Å². The lowest BCUT2D eigenvalue weighted by molar-refractivity contribution is -0.384. The van der Waals surface area contributed by atoms with Gasteiger partial charge in [-0.1, -0.05) is 12.1 Å². The van der Waals surface area contributed by atoms with Crippen LogP contribution in [0, 0.1) is 15.9 Å². The highest BCUT2D eigenvalue weighted by atomic mass is 19.1. The zero-order valence-corrected chi connectivity index (χ0v) is 17.2. The molecule has 0 aliphatic carbocycles. The number of halogens is 1. The lowest BCUT2D eigenvalue weighted by Crippen LogP contribution is -2.54. The molecule has 0 bridgehead atoms. The lowest BCUT2D eigenvalue weighted by Gasteiger charge is -2.40. The first-order valence-corrected chi connectivity index (χ1v) is 9.96. The average molecular weight is 437 g/mol. The van der Waals surface area contributed by atoms with Gasteiger partial charge in [-0.3, -0.25) is 14.9 Å². The number of carbonyl (C=O) groups excluding carboxylic acids is 1. The monoisotopic (exact) mass is 437 g/mol. The summed E-state index contributed by atoms with van der Waals surface area (Å²) in [7, 11) is 0. The van der Waals surface area contributed by atoms with E-state index in [9.17, 15) is 19.3 Å². The summed E-state index contributed by atoms with van der Waals surface area (Å²) in [6.45, 7) is 3.36. The maximum Gasteiger partial charge on any atom is 0.270 e. The predicted molar refractivity (Wildman–Crippen MR) is 114 cm³/mol. The minimum Gasteiger partial charge on any atom is -0.439 e. The Morgan fingerprint density at radius 2 is 1.97 bits per heavy atom. The van der Waals surface area contributed by atoms with Crippen molar-refractivity contribution >= 4 is 17.4 Å². The largest absolute Gasteiger partial charge is 0.439 e. The van der Waals surface area contributed by atoms with E-state index >= 15 is 0 Å². The van der Waals surface area contributed by atoms with Crippen molar-refractivity contribution in [3.8, 4) is 11.6 Å².